The number of benzene rings is 2. The minimum atomic E-state index is -0.846. The van der Waals surface area contributed by atoms with E-state index in [-0.39, 0.29) is 28.4 Å². The zero-order valence-electron chi connectivity index (χ0n) is 19.9. The molecule has 0 unspecified atom stereocenters. The van der Waals surface area contributed by atoms with Crippen LogP contribution in [0.2, 0.25) is 0 Å². The maximum atomic E-state index is 13.8. The van der Waals surface area contributed by atoms with Crippen molar-refractivity contribution in [2.45, 2.75) is 24.5 Å². The van der Waals surface area contributed by atoms with Crippen molar-refractivity contribution in [2.24, 2.45) is 5.73 Å². The van der Waals surface area contributed by atoms with Crippen LogP contribution in [0.5, 0.6) is 5.75 Å². The highest BCUT2D eigenvalue weighted by Crippen LogP contribution is 2.50. The average molecular weight is 505 g/mol. The fourth-order valence-corrected chi connectivity index (χ4v) is 5.50. The molecule has 1 fully saturated rings. The highest BCUT2D eigenvalue weighted by molar-refractivity contribution is 8.04. The number of carbonyl (C=O) groups excluding carboxylic acids is 3. The largest absolute Gasteiger partial charge is 0.497 e. The molecule has 9 nitrogen and oxygen atoms in total. The Bertz CT molecular complexity index is 1340. The number of thioether (sulfide) groups is 1. The molecule has 2 heterocycles. The molecule has 0 aromatic heterocycles. The molecule has 36 heavy (non-hydrogen) atoms. The van der Waals surface area contributed by atoms with Crippen molar-refractivity contribution >= 4 is 35.2 Å². The number of amides is 2. The van der Waals surface area contributed by atoms with Crippen LogP contribution in [0.3, 0.4) is 0 Å². The first-order valence-electron chi connectivity index (χ1n) is 11.0. The summed E-state index contributed by atoms with van der Waals surface area (Å²) in [6.07, 6.45) is -0.199. The summed E-state index contributed by atoms with van der Waals surface area (Å²) >= 11 is 1.07. The van der Waals surface area contributed by atoms with Gasteiger partial charge in [0.1, 0.15) is 16.8 Å². The van der Waals surface area contributed by atoms with Gasteiger partial charge in [0, 0.05) is 5.69 Å². The van der Waals surface area contributed by atoms with Gasteiger partial charge in [-0.1, -0.05) is 42.1 Å². The van der Waals surface area contributed by atoms with Gasteiger partial charge < -0.3 is 20.5 Å². The van der Waals surface area contributed by atoms with E-state index in [0.717, 1.165) is 17.3 Å². The molecule has 4 rings (SSSR count). The number of methoxy groups -OCH3 is 2. The predicted octanol–water partition coefficient (Wildman–Crippen LogP) is 3.15. The summed E-state index contributed by atoms with van der Waals surface area (Å²) in [4.78, 5) is 40.2. The number of para-hydroxylation sites is 1. The molecule has 3 N–H and O–H groups in total. The van der Waals surface area contributed by atoms with E-state index in [9.17, 15) is 19.6 Å². The maximum absolute atomic E-state index is 13.8. The lowest BCUT2D eigenvalue weighted by Gasteiger charge is -2.32. The van der Waals surface area contributed by atoms with Gasteiger partial charge in [0.15, 0.2) is 0 Å². The Balaban J connectivity index is 1.88. The van der Waals surface area contributed by atoms with Crippen molar-refractivity contribution in [1.82, 2.24) is 4.90 Å². The summed E-state index contributed by atoms with van der Waals surface area (Å²) in [6.45, 7) is 1.86. The number of hydrogen-bond acceptors (Lipinski definition) is 8. The Morgan fingerprint density at radius 1 is 1.17 bits per heavy atom. The molecule has 2 aliphatic heterocycles. The van der Waals surface area contributed by atoms with E-state index in [2.05, 4.69) is 11.4 Å². The molecule has 0 saturated carbocycles. The van der Waals surface area contributed by atoms with Crippen molar-refractivity contribution in [3.8, 4) is 11.8 Å². The second kappa shape index (κ2) is 10.2. The number of ether oxygens (including phenoxy) is 2. The van der Waals surface area contributed by atoms with Crippen LogP contribution in [0, 0.1) is 18.3 Å². The molecule has 1 saturated heterocycles. The van der Waals surface area contributed by atoms with Crippen molar-refractivity contribution in [3.63, 3.8) is 0 Å². The quantitative estimate of drug-likeness (QED) is 0.573. The molecule has 184 valence electrons. The molecule has 0 aliphatic carbocycles. The highest BCUT2D eigenvalue weighted by atomic mass is 32.2. The summed E-state index contributed by atoms with van der Waals surface area (Å²) in [5.74, 6) is -1.83. The fourth-order valence-electron chi connectivity index (χ4n) is 4.18. The van der Waals surface area contributed by atoms with Gasteiger partial charge in [-0.2, -0.15) is 5.26 Å². The number of carbonyl (C=O) groups is 3. The summed E-state index contributed by atoms with van der Waals surface area (Å²) in [6, 6.07) is 16.3. The average Bonchev–Trinajstić information content (AvgIpc) is 3.20. The van der Waals surface area contributed by atoms with Crippen LogP contribution in [0.4, 0.5) is 5.69 Å². The van der Waals surface area contributed by atoms with Gasteiger partial charge in [0.25, 0.3) is 5.91 Å². The number of anilines is 1. The molecule has 2 amide bonds. The Morgan fingerprint density at radius 3 is 2.47 bits per heavy atom. The van der Waals surface area contributed by atoms with Gasteiger partial charge in [0.2, 0.25) is 5.91 Å². The van der Waals surface area contributed by atoms with Crippen molar-refractivity contribution in [2.75, 3.05) is 19.5 Å². The number of nitrogens with one attached hydrogen (secondary N) is 1. The fraction of sp³-hybridized carbons (Fsp3) is 0.231. The lowest BCUT2D eigenvalue weighted by Crippen LogP contribution is -2.39. The molecule has 10 heteroatoms. The molecule has 2 atom stereocenters. The van der Waals surface area contributed by atoms with Gasteiger partial charge in [-0.15, -0.1) is 0 Å². The SMILES string of the molecule is COC(=O)C[C@@H]1SC2=C(C(=O)Nc3ccccc3C)[C@@H](c3ccc(OC)cc3)C(C#N)=C(N)N2C1=O. The van der Waals surface area contributed by atoms with E-state index in [1.165, 1.54) is 19.1 Å². The summed E-state index contributed by atoms with van der Waals surface area (Å²) in [7, 11) is 2.78. The topological polar surface area (TPSA) is 135 Å². The maximum Gasteiger partial charge on any atom is 0.307 e. The molecular formula is C26H24N4O5S. The van der Waals surface area contributed by atoms with Crippen LogP contribution in [0.25, 0.3) is 0 Å². The first kappa shape index (κ1) is 24.9. The Kier molecular flexibility index (Phi) is 7.03. The lowest BCUT2D eigenvalue weighted by molar-refractivity contribution is -0.142. The van der Waals surface area contributed by atoms with E-state index < -0.39 is 29.0 Å². The number of esters is 1. The van der Waals surface area contributed by atoms with E-state index in [0.29, 0.717) is 17.0 Å². The molecule has 0 spiro atoms. The number of aryl methyl sites for hydroxylation is 1. The number of nitrogens with zero attached hydrogens (tertiary/aromatic N) is 2. The second-order valence-corrected chi connectivity index (χ2v) is 9.36. The summed E-state index contributed by atoms with van der Waals surface area (Å²) in [5.41, 5.74) is 8.68. The third kappa shape index (κ3) is 4.41. The highest BCUT2D eigenvalue weighted by Gasteiger charge is 2.48. The molecule has 2 aromatic rings. The van der Waals surface area contributed by atoms with E-state index >= 15 is 0 Å². The third-order valence-corrected chi connectivity index (χ3v) is 7.34. The first-order valence-corrected chi connectivity index (χ1v) is 11.9. The molecule has 0 radical (unpaired) electrons. The molecule has 2 aliphatic rings. The van der Waals surface area contributed by atoms with E-state index in [4.69, 9.17) is 15.2 Å². The molecule has 2 aromatic carbocycles. The van der Waals surface area contributed by atoms with E-state index in [1.807, 2.05) is 19.1 Å². The predicted molar refractivity (Wildman–Crippen MR) is 134 cm³/mol. The Hall–Kier alpha value is -4.23. The third-order valence-electron chi connectivity index (χ3n) is 6.06. The smallest absolute Gasteiger partial charge is 0.307 e. The number of fused-ring (bicyclic) bond motifs is 1. The molecule has 0 bridgehead atoms. The van der Waals surface area contributed by atoms with Gasteiger partial charge >= 0.3 is 5.97 Å². The van der Waals surface area contributed by atoms with E-state index in [1.54, 1.807) is 36.4 Å². The summed E-state index contributed by atoms with van der Waals surface area (Å²) < 4.78 is 9.98. The Morgan fingerprint density at radius 2 is 1.86 bits per heavy atom. The van der Waals surface area contributed by atoms with Crippen molar-refractivity contribution in [1.29, 1.82) is 5.26 Å². The van der Waals surface area contributed by atoms with Crippen LogP contribution in [0.1, 0.15) is 23.5 Å². The standard InChI is InChI=1S/C26H24N4O5S/c1-14-6-4-5-7-18(14)29-24(32)22-21(15-8-10-16(34-2)11-9-15)17(13-27)23(28)30-25(33)19(36-26(22)30)12-20(31)35-3/h4-11,19,21H,12,28H2,1-3H3,(H,29,32)/t19-,21-/m0/s1. The first-order chi connectivity index (χ1) is 17.3. The zero-order chi connectivity index (χ0) is 26.0. The summed E-state index contributed by atoms with van der Waals surface area (Å²) in [5, 5.41) is 12.5. The number of rotatable bonds is 6. The van der Waals surface area contributed by atoms with Crippen LogP contribution < -0.4 is 15.8 Å². The van der Waals surface area contributed by atoms with Gasteiger partial charge in [-0.25, -0.2) is 0 Å². The monoisotopic (exact) mass is 504 g/mol. The van der Waals surface area contributed by atoms with Crippen LogP contribution in [0.15, 0.2) is 70.5 Å². The minimum absolute atomic E-state index is 0.0616. The Labute approximate surface area is 212 Å². The number of hydrogen-bond donors (Lipinski definition) is 2. The van der Waals surface area contributed by atoms with Crippen molar-refractivity contribution in [3.05, 3.63) is 81.7 Å². The zero-order valence-corrected chi connectivity index (χ0v) is 20.7. The van der Waals surface area contributed by atoms with Gasteiger partial charge in [-0.05, 0) is 36.2 Å². The minimum Gasteiger partial charge on any atom is -0.497 e. The van der Waals surface area contributed by atoms with Crippen LogP contribution in [-0.2, 0) is 19.1 Å². The van der Waals surface area contributed by atoms with Crippen molar-refractivity contribution < 1.29 is 23.9 Å². The number of nitrogens with two attached hydrogens (primary N) is 1. The van der Waals surface area contributed by atoms with Crippen LogP contribution in [-0.4, -0.2) is 42.2 Å². The lowest BCUT2D eigenvalue weighted by atomic mass is 9.82. The second-order valence-electron chi connectivity index (χ2n) is 8.17. The number of nitriles is 1. The van der Waals surface area contributed by atoms with Gasteiger partial charge in [-0.3, -0.25) is 19.3 Å². The normalized spacial score (nSPS) is 19.1. The molecular weight excluding hydrogens is 480 g/mol. The van der Waals surface area contributed by atoms with Crippen LogP contribution >= 0.6 is 11.8 Å². The van der Waals surface area contributed by atoms with Gasteiger partial charge in [0.05, 0.1) is 48.8 Å². The number of allylic oxidation sites excluding steroid dienone is 1.